The first kappa shape index (κ1) is 8.30. The summed E-state index contributed by atoms with van der Waals surface area (Å²) in [7, 11) is 0. The Morgan fingerprint density at radius 3 is 3.09 bits per heavy atom. The maximum Gasteiger partial charge on any atom is 0.117 e. The second-order valence-corrected chi connectivity index (χ2v) is 2.60. The van der Waals surface area contributed by atoms with E-state index in [4.69, 9.17) is 10.2 Å². The Bertz CT molecular complexity index is 184. The van der Waals surface area contributed by atoms with Gasteiger partial charge in [0.25, 0.3) is 0 Å². The Balaban J connectivity index is 2.23. The minimum Gasteiger partial charge on any atom is -0.468 e. The minimum absolute atomic E-state index is 0.347. The molecule has 3 N–H and O–H groups in total. The van der Waals surface area contributed by atoms with Crippen molar-refractivity contribution in [3.8, 4) is 0 Å². The lowest BCUT2D eigenvalue weighted by Crippen LogP contribution is -2.32. The standard InChI is InChI=1S/C8H14N2O/c1-7(5-9)10-6-8-3-2-4-11-8/h2-4,7,10H,5-6,9H2,1H3. The molecule has 62 valence electrons. The summed E-state index contributed by atoms with van der Waals surface area (Å²) in [6, 6.07) is 4.17. The van der Waals surface area contributed by atoms with Crippen molar-refractivity contribution in [2.75, 3.05) is 6.54 Å². The van der Waals surface area contributed by atoms with Gasteiger partial charge in [-0.3, -0.25) is 0 Å². The van der Waals surface area contributed by atoms with Crippen LogP contribution in [-0.4, -0.2) is 12.6 Å². The van der Waals surface area contributed by atoms with Gasteiger partial charge in [0.05, 0.1) is 12.8 Å². The van der Waals surface area contributed by atoms with Gasteiger partial charge in [-0.05, 0) is 19.1 Å². The predicted molar refractivity (Wildman–Crippen MR) is 44.1 cm³/mol. The van der Waals surface area contributed by atoms with Crippen LogP contribution < -0.4 is 11.1 Å². The molecule has 1 aromatic rings. The van der Waals surface area contributed by atoms with E-state index < -0.39 is 0 Å². The average Bonchev–Trinajstić information content (AvgIpc) is 2.52. The predicted octanol–water partition coefficient (Wildman–Crippen LogP) is 0.716. The van der Waals surface area contributed by atoms with E-state index in [0.29, 0.717) is 12.6 Å². The van der Waals surface area contributed by atoms with Gasteiger partial charge in [0, 0.05) is 12.6 Å². The number of rotatable bonds is 4. The zero-order valence-electron chi connectivity index (χ0n) is 6.71. The summed E-state index contributed by atoms with van der Waals surface area (Å²) in [5.41, 5.74) is 5.42. The lowest BCUT2D eigenvalue weighted by Gasteiger charge is -2.08. The van der Waals surface area contributed by atoms with Crippen molar-refractivity contribution in [2.24, 2.45) is 5.73 Å². The van der Waals surface area contributed by atoms with Crippen LogP contribution in [-0.2, 0) is 6.54 Å². The molecular weight excluding hydrogens is 140 g/mol. The normalized spacial score (nSPS) is 13.3. The Morgan fingerprint density at radius 1 is 1.73 bits per heavy atom. The van der Waals surface area contributed by atoms with Gasteiger partial charge < -0.3 is 15.5 Å². The molecule has 0 saturated heterocycles. The number of hydrogen-bond donors (Lipinski definition) is 2. The second-order valence-electron chi connectivity index (χ2n) is 2.60. The molecule has 0 aliphatic rings. The van der Waals surface area contributed by atoms with Gasteiger partial charge in [0.15, 0.2) is 0 Å². The first-order chi connectivity index (χ1) is 5.33. The summed E-state index contributed by atoms with van der Waals surface area (Å²) in [5.74, 6) is 0.949. The van der Waals surface area contributed by atoms with Gasteiger partial charge >= 0.3 is 0 Å². The number of nitrogens with two attached hydrogens (primary N) is 1. The molecule has 1 unspecified atom stereocenters. The van der Waals surface area contributed by atoms with Crippen LogP contribution >= 0.6 is 0 Å². The van der Waals surface area contributed by atoms with Crippen LogP contribution in [0.5, 0.6) is 0 Å². The highest BCUT2D eigenvalue weighted by atomic mass is 16.3. The van der Waals surface area contributed by atoms with Gasteiger partial charge in [-0.1, -0.05) is 0 Å². The molecule has 1 atom stereocenters. The highest BCUT2D eigenvalue weighted by Crippen LogP contribution is 1.98. The molecule has 0 saturated carbocycles. The largest absolute Gasteiger partial charge is 0.468 e. The molecule has 0 aromatic carbocycles. The highest BCUT2D eigenvalue weighted by molar-refractivity contribution is 4.97. The molecule has 0 spiro atoms. The van der Waals surface area contributed by atoms with Crippen molar-refractivity contribution in [3.05, 3.63) is 24.2 Å². The molecule has 1 aromatic heterocycles. The fourth-order valence-corrected chi connectivity index (χ4v) is 0.771. The Morgan fingerprint density at radius 2 is 2.55 bits per heavy atom. The molecule has 1 heterocycles. The molecule has 3 heteroatoms. The van der Waals surface area contributed by atoms with Crippen LogP contribution in [0, 0.1) is 0 Å². The molecule has 0 amide bonds. The fourth-order valence-electron chi connectivity index (χ4n) is 0.771. The van der Waals surface area contributed by atoms with Crippen molar-refractivity contribution in [1.82, 2.24) is 5.32 Å². The lowest BCUT2D eigenvalue weighted by molar-refractivity contribution is 0.457. The van der Waals surface area contributed by atoms with Crippen LogP contribution in [0.3, 0.4) is 0 Å². The highest BCUT2D eigenvalue weighted by Gasteiger charge is 1.98. The van der Waals surface area contributed by atoms with E-state index in [2.05, 4.69) is 5.32 Å². The third-order valence-corrected chi connectivity index (χ3v) is 1.56. The number of furan rings is 1. The van der Waals surface area contributed by atoms with E-state index in [1.165, 1.54) is 0 Å². The summed E-state index contributed by atoms with van der Waals surface area (Å²) in [6.07, 6.45) is 1.67. The lowest BCUT2D eigenvalue weighted by atomic mass is 10.3. The first-order valence-electron chi connectivity index (χ1n) is 3.78. The van der Waals surface area contributed by atoms with Crippen LogP contribution in [0.2, 0.25) is 0 Å². The topological polar surface area (TPSA) is 51.2 Å². The van der Waals surface area contributed by atoms with Crippen LogP contribution in [0.15, 0.2) is 22.8 Å². The maximum absolute atomic E-state index is 5.42. The summed E-state index contributed by atoms with van der Waals surface area (Å²) in [6.45, 7) is 3.45. The van der Waals surface area contributed by atoms with E-state index in [1.807, 2.05) is 19.1 Å². The van der Waals surface area contributed by atoms with Gasteiger partial charge in [0.1, 0.15) is 5.76 Å². The Hall–Kier alpha value is -0.800. The average molecular weight is 154 g/mol. The summed E-state index contributed by atoms with van der Waals surface area (Å²) in [5, 5.41) is 3.22. The van der Waals surface area contributed by atoms with Crippen molar-refractivity contribution in [1.29, 1.82) is 0 Å². The molecule has 0 aliphatic carbocycles. The maximum atomic E-state index is 5.42. The van der Waals surface area contributed by atoms with Gasteiger partial charge in [-0.25, -0.2) is 0 Å². The molecule has 1 rings (SSSR count). The van der Waals surface area contributed by atoms with Crippen LogP contribution in [0.4, 0.5) is 0 Å². The van der Waals surface area contributed by atoms with Crippen molar-refractivity contribution in [2.45, 2.75) is 19.5 Å². The summed E-state index contributed by atoms with van der Waals surface area (Å²) in [4.78, 5) is 0. The fraction of sp³-hybridized carbons (Fsp3) is 0.500. The van der Waals surface area contributed by atoms with E-state index in [0.717, 1.165) is 12.3 Å². The van der Waals surface area contributed by atoms with Crippen molar-refractivity contribution in [3.63, 3.8) is 0 Å². The van der Waals surface area contributed by atoms with Gasteiger partial charge in [0.2, 0.25) is 0 Å². The monoisotopic (exact) mass is 154 g/mol. The molecule has 3 nitrogen and oxygen atoms in total. The number of hydrogen-bond acceptors (Lipinski definition) is 3. The minimum atomic E-state index is 0.347. The molecular formula is C8H14N2O. The Labute approximate surface area is 66.6 Å². The van der Waals surface area contributed by atoms with E-state index in [-0.39, 0.29) is 0 Å². The third kappa shape index (κ3) is 2.74. The zero-order valence-corrected chi connectivity index (χ0v) is 6.71. The second kappa shape index (κ2) is 4.16. The van der Waals surface area contributed by atoms with Crippen LogP contribution in [0.25, 0.3) is 0 Å². The third-order valence-electron chi connectivity index (χ3n) is 1.56. The van der Waals surface area contributed by atoms with E-state index >= 15 is 0 Å². The Kier molecular flexibility index (Phi) is 3.14. The quantitative estimate of drug-likeness (QED) is 0.671. The smallest absolute Gasteiger partial charge is 0.117 e. The summed E-state index contributed by atoms with van der Waals surface area (Å²) < 4.78 is 5.13. The molecule has 0 fully saturated rings. The molecule has 11 heavy (non-hydrogen) atoms. The first-order valence-corrected chi connectivity index (χ1v) is 3.78. The van der Waals surface area contributed by atoms with Crippen LogP contribution in [0.1, 0.15) is 12.7 Å². The van der Waals surface area contributed by atoms with Crippen molar-refractivity contribution >= 4 is 0 Å². The molecule has 0 radical (unpaired) electrons. The van der Waals surface area contributed by atoms with E-state index in [1.54, 1.807) is 6.26 Å². The number of nitrogens with one attached hydrogen (secondary N) is 1. The SMILES string of the molecule is CC(CN)NCc1ccco1. The molecule has 0 aliphatic heterocycles. The molecule has 0 bridgehead atoms. The summed E-state index contributed by atoms with van der Waals surface area (Å²) >= 11 is 0. The van der Waals surface area contributed by atoms with Crippen molar-refractivity contribution < 1.29 is 4.42 Å². The zero-order chi connectivity index (χ0) is 8.10. The van der Waals surface area contributed by atoms with Gasteiger partial charge in [-0.2, -0.15) is 0 Å². The van der Waals surface area contributed by atoms with E-state index in [9.17, 15) is 0 Å². The van der Waals surface area contributed by atoms with Gasteiger partial charge in [-0.15, -0.1) is 0 Å².